The van der Waals surface area contributed by atoms with E-state index in [-0.39, 0.29) is 18.1 Å². The molecule has 2 heterocycles. The van der Waals surface area contributed by atoms with Gasteiger partial charge in [-0.2, -0.15) is 0 Å². The summed E-state index contributed by atoms with van der Waals surface area (Å²) in [5.74, 6) is 0.618. The van der Waals surface area contributed by atoms with Crippen molar-refractivity contribution in [2.45, 2.75) is 38.4 Å². The fourth-order valence-electron chi connectivity index (χ4n) is 3.85. The highest BCUT2D eigenvalue weighted by Crippen LogP contribution is 2.18. The van der Waals surface area contributed by atoms with Crippen LogP contribution in [-0.2, 0) is 30.7 Å². The lowest BCUT2D eigenvalue weighted by molar-refractivity contribution is -0.133. The molecule has 2 aromatic carbocycles. The van der Waals surface area contributed by atoms with Crippen LogP contribution in [0.2, 0.25) is 0 Å². The summed E-state index contributed by atoms with van der Waals surface area (Å²) in [6.45, 7) is 1.85. The topological polar surface area (TPSA) is 64.2 Å². The highest BCUT2D eigenvalue weighted by Gasteiger charge is 2.24. The van der Waals surface area contributed by atoms with Gasteiger partial charge in [-0.05, 0) is 23.6 Å². The first-order valence-electron chi connectivity index (χ1n) is 9.94. The van der Waals surface area contributed by atoms with Gasteiger partial charge in [0.2, 0.25) is 5.91 Å². The molecule has 29 heavy (non-hydrogen) atoms. The van der Waals surface area contributed by atoms with E-state index in [9.17, 15) is 9.18 Å². The minimum atomic E-state index is -0.408. The number of hydrogen-bond acceptors (Lipinski definition) is 3. The number of carbonyl (C=O) groups excluding carboxylic acids is 1. The number of nitrogens with two attached hydrogens (primary N) is 1. The highest BCUT2D eigenvalue weighted by molar-refractivity contribution is 5.77. The Labute approximate surface area is 170 Å². The summed E-state index contributed by atoms with van der Waals surface area (Å²) >= 11 is 0. The molecule has 1 unspecified atom stereocenters. The molecule has 4 rings (SSSR count). The van der Waals surface area contributed by atoms with E-state index in [1.807, 2.05) is 24.4 Å². The van der Waals surface area contributed by atoms with Crippen LogP contribution >= 0.6 is 0 Å². The number of fused-ring (bicyclic) bond motifs is 1. The van der Waals surface area contributed by atoms with Gasteiger partial charge >= 0.3 is 0 Å². The Morgan fingerprint density at radius 1 is 1.10 bits per heavy atom. The maximum absolute atomic E-state index is 13.8. The minimum absolute atomic E-state index is 0.00676. The molecule has 1 atom stereocenters. The molecule has 6 heteroatoms. The van der Waals surface area contributed by atoms with Crippen molar-refractivity contribution in [1.29, 1.82) is 0 Å². The third kappa shape index (κ3) is 4.54. The summed E-state index contributed by atoms with van der Waals surface area (Å²) in [5.41, 5.74) is 9.09. The fourth-order valence-corrected chi connectivity index (χ4v) is 3.85. The van der Waals surface area contributed by atoms with Crippen LogP contribution in [-0.4, -0.2) is 32.9 Å². The van der Waals surface area contributed by atoms with Gasteiger partial charge in [0.1, 0.15) is 11.6 Å². The van der Waals surface area contributed by atoms with Crippen LogP contribution in [0, 0.1) is 5.82 Å². The summed E-state index contributed by atoms with van der Waals surface area (Å²) < 4.78 is 16.0. The van der Waals surface area contributed by atoms with Crippen LogP contribution < -0.4 is 5.73 Å². The number of amides is 1. The summed E-state index contributed by atoms with van der Waals surface area (Å²) in [7, 11) is 0. The van der Waals surface area contributed by atoms with Gasteiger partial charge in [-0.15, -0.1) is 0 Å². The van der Waals surface area contributed by atoms with Crippen LogP contribution in [0.15, 0.2) is 60.8 Å². The van der Waals surface area contributed by atoms with E-state index < -0.39 is 6.04 Å². The average Bonchev–Trinajstić information content (AvgIpc) is 3.12. The number of hydrogen-bond donors (Lipinski definition) is 1. The molecule has 0 spiro atoms. The standard InChI is InChI=1S/C23H25FN4O/c24-21-9-5-4-8-18(21)13-19(25)14-23(29)27-10-11-28-20(15-26-22(28)16-27)12-17-6-2-1-3-7-17/h1-9,15,19H,10-14,16,25H2. The van der Waals surface area contributed by atoms with E-state index in [0.29, 0.717) is 25.1 Å². The molecule has 1 aromatic heterocycles. The highest BCUT2D eigenvalue weighted by atomic mass is 19.1. The minimum Gasteiger partial charge on any atom is -0.333 e. The number of nitrogens with zero attached hydrogens (tertiary/aromatic N) is 3. The van der Waals surface area contributed by atoms with Gasteiger partial charge in [0, 0.05) is 43.9 Å². The zero-order valence-corrected chi connectivity index (χ0v) is 16.3. The molecule has 2 N–H and O–H groups in total. The first kappa shape index (κ1) is 19.3. The Kier molecular flexibility index (Phi) is 5.71. The molecule has 0 fully saturated rings. The Morgan fingerprint density at radius 2 is 1.86 bits per heavy atom. The fraction of sp³-hybridized carbons (Fsp3) is 0.304. The molecule has 1 aliphatic rings. The van der Waals surface area contributed by atoms with Crippen LogP contribution in [0.5, 0.6) is 0 Å². The van der Waals surface area contributed by atoms with Gasteiger partial charge in [0.05, 0.1) is 6.54 Å². The van der Waals surface area contributed by atoms with Crippen molar-refractivity contribution in [3.8, 4) is 0 Å². The number of rotatable bonds is 6. The summed E-state index contributed by atoms with van der Waals surface area (Å²) in [6, 6.07) is 16.5. The van der Waals surface area contributed by atoms with Crippen molar-refractivity contribution in [2.24, 2.45) is 5.73 Å². The van der Waals surface area contributed by atoms with Crippen molar-refractivity contribution < 1.29 is 9.18 Å². The first-order valence-corrected chi connectivity index (χ1v) is 9.94. The Morgan fingerprint density at radius 3 is 2.66 bits per heavy atom. The quantitative estimate of drug-likeness (QED) is 0.702. The number of halogens is 1. The third-order valence-corrected chi connectivity index (χ3v) is 5.40. The van der Waals surface area contributed by atoms with Crippen LogP contribution in [0.4, 0.5) is 4.39 Å². The van der Waals surface area contributed by atoms with Crippen molar-refractivity contribution in [3.63, 3.8) is 0 Å². The molecule has 5 nitrogen and oxygen atoms in total. The number of carbonyl (C=O) groups is 1. The zero-order chi connectivity index (χ0) is 20.2. The lowest BCUT2D eigenvalue weighted by Gasteiger charge is -2.29. The number of benzene rings is 2. The molecule has 1 aliphatic heterocycles. The largest absolute Gasteiger partial charge is 0.333 e. The van der Waals surface area contributed by atoms with E-state index in [1.165, 1.54) is 11.6 Å². The molecular weight excluding hydrogens is 367 g/mol. The molecule has 0 saturated carbocycles. The van der Waals surface area contributed by atoms with Gasteiger partial charge in [0.15, 0.2) is 0 Å². The molecule has 0 bridgehead atoms. The summed E-state index contributed by atoms with van der Waals surface area (Å²) in [6.07, 6.45) is 3.28. The van der Waals surface area contributed by atoms with Crippen molar-refractivity contribution in [1.82, 2.24) is 14.5 Å². The second-order valence-electron chi connectivity index (χ2n) is 7.55. The van der Waals surface area contributed by atoms with E-state index in [2.05, 4.69) is 21.7 Å². The molecule has 150 valence electrons. The smallest absolute Gasteiger partial charge is 0.224 e. The third-order valence-electron chi connectivity index (χ3n) is 5.40. The predicted octanol–water partition coefficient (Wildman–Crippen LogP) is 2.92. The Bertz CT molecular complexity index is 986. The van der Waals surface area contributed by atoms with Crippen molar-refractivity contribution >= 4 is 5.91 Å². The molecule has 0 aliphatic carbocycles. The van der Waals surface area contributed by atoms with Crippen molar-refractivity contribution in [3.05, 3.63) is 89.3 Å². The summed E-state index contributed by atoms with van der Waals surface area (Å²) in [5, 5.41) is 0. The van der Waals surface area contributed by atoms with Crippen LogP contribution in [0.1, 0.15) is 29.1 Å². The molecule has 1 amide bonds. The average molecular weight is 392 g/mol. The second kappa shape index (κ2) is 8.57. The van der Waals surface area contributed by atoms with Crippen LogP contribution in [0.25, 0.3) is 0 Å². The van der Waals surface area contributed by atoms with Gasteiger partial charge in [-0.25, -0.2) is 9.37 Å². The second-order valence-corrected chi connectivity index (χ2v) is 7.55. The first-order chi connectivity index (χ1) is 14.1. The summed E-state index contributed by atoms with van der Waals surface area (Å²) in [4.78, 5) is 19.0. The molecule has 0 saturated heterocycles. The molecule has 0 radical (unpaired) electrons. The van der Waals surface area contributed by atoms with E-state index in [4.69, 9.17) is 5.73 Å². The lowest BCUT2D eigenvalue weighted by atomic mass is 10.0. The number of imidazole rings is 1. The SMILES string of the molecule is NC(CC(=O)N1CCn2c(Cc3ccccc3)cnc2C1)Cc1ccccc1F. The molecule has 3 aromatic rings. The monoisotopic (exact) mass is 392 g/mol. The maximum atomic E-state index is 13.8. The van der Waals surface area contributed by atoms with Gasteiger partial charge < -0.3 is 15.2 Å². The normalized spacial score (nSPS) is 14.5. The Hall–Kier alpha value is -2.99. The Balaban J connectivity index is 1.36. The van der Waals surface area contributed by atoms with Crippen LogP contribution in [0.3, 0.4) is 0 Å². The van der Waals surface area contributed by atoms with Crippen molar-refractivity contribution in [2.75, 3.05) is 6.54 Å². The molecular formula is C23H25FN4O. The van der Waals surface area contributed by atoms with E-state index >= 15 is 0 Å². The van der Waals surface area contributed by atoms with Gasteiger partial charge in [-0.3, -0.25) is 4.79 Å². The van der Waals surface area contributed by atoms with E-state index in [0.717, 1.165) is 24.5 Å². The van der Waals surface area contributed by atoms with E-state index in [1.54, 1.807) is 23.1 Å². The zero-order valence-electron chi connectivity index (χ0n) is 16.3. The lowest BCUT2D eigenvalue weighted by Crippen LogP contribution is -2.41. The van der Waals surface area contributed by atoms with Gasteiger partial charge in [-0.1, -0.05) is 48.5 Å². The van der Waals surface area contributed by atoms with Gasteiger partial charge in [0.25, 0.3) is 0 Å². The maximum Gasteiger partial charge on any atom is 0.224 e. The predicted molar refractivity (Wildman–Crippen MR) is 110 cm³/mol. The number of aromatic nitrogens is 2.